The molecule has 1 aliphatic rings. The van der Waals surface area contributed by atoms with Crippen LogP contribution in [-0.2, 0) is 4.79 Å². The number of likely N-dealkylation sites (tertiary alicyclic amines) is 1. The number of urea groups is 1. The maximum Gasteiger partial charge on any atom is 0.319 e. The first-order chi connectivity index (χ1) is 9.51. The van der Waals surface area contributed by atoms with Gasteiger partial charge < -0.3 is 20.3 Å². The van der Waals surface area contributed by atoms with Gasteiger partial charge in [-0.1, -0.05) is 11.6 Å². The van der Waals surface area contributed by atoms with Gasteiger partial charge in [-0.25, -0.2) is 4.79 Å². The van der Waals surface area contributed by atoms with Crippen molar-refractivity contribution in [1.82, 2.24) is 10.2 Å². The number of likely N-dealkylation sites (N-methyl/N-ethyl adjacent to an activating group) is 1. The first kappa shape index (κ1) is 14.5. The van der Waals surface area contributed by atoms with Crippen molar-refractivity contribution in [3.63, 3.8) is 0 Å². The molecule has 1 atom stereocenters. The van der Waals surface area contributed by atoms with E-state index < -0.39 is 12.1 Å². The Kier molecular flexibility index (Phi) is 4.34. The summed E-state index contributed by atoms with van der Waals surface area (Å²) in [5.41, 5.74) is 0.534. The number of ether oxygens (including phenoxy) is 1. The second-order valence-corrected chi connectivity index (χ2v) is 4.96. The summed E-state index contributed by atoms with van der Waals surface area (Å²) in [5, 5.41) is 5.68. The SMILES string of the molecule is COc1ccc(NC(=O)N[C@@H]2CCN(C)C2=O)cc1Cl. The highest BCUT2D eigenvalue weighted by Crippen LogP contribution is 2.27. The van der Waals surface area contributed by atoms with E-state index in [4.69, 9.17) is 16.3 Å². The third kappa shape index (κ3) is 3.14. The van der Waals surface area contributed by atoms with Crippen LogP contribution in [0, 0.1) is 0 Å². The van der Waals surface area contributed by atoms with Crippen LogP contribution in [0.2, 0.25) is 5.02 Å². The van der Waals surface area contributed by atoms with Gasteiger partial charge in [0.1, 0.15) is 11.8 Å². The zero-order chi connectivity index (χ0) is 14.7. The van der Waals surface area contributed by atoms with Gasteiger partial charge in [-0.15, -0.1) is 0 Å². The molecule has 2 rings (SSSR count). The summed E-state index contributed by atoms with van der Waals surface area (Å²) in [6, 6.07) is 4.02. The van der Waals surface area contributed by atoms with Crippen molar-refractivity contribution in [3.8, 4) is 5.75 Å². The van der Waals surface area contributed by atoms with Crippen molar-refractivity contribution in [1.29, 1.82) is 0 Å². The van der Waals surface area contributed by atoms with E-state index in [0.29, 0.717) is 29.4 Å². The number of halogens is 1. The minimum atomic E-state index is -0.464. The number of rotatable bonds is 3. The largest absolute Gasteiger partial charge is 0.495 e. The van der Waals surface area contributed by atoms with Crippen molar-refractivity contribution in [2.75, 3.05) is 26.0 Å². The minimum Gasteiger partial charge on any atom is -0.495 e. The Labute approximate surface area is 122 Å². The van der Waals surface area contributed by atoms with Gasteiger partial charge in [0.15, 0.2) is 0 Å². The molecule has 0 unspecified atom stereocenters. The van der Waals surface area contributed by atoms with Gasteiger partial charge >= 0.3 is 6.03 Å². The monoisotopic (exact) mass is 297 g/mol. The van der Waals surface area contributed by atoms with E-state index >= 15 is 0 Å². The summed E-state index contributed by atoms with van der Waals surface area (Å²) in [5.74, 6) is 0.457. The molecule has 0 saturated carbocycles. The van der Waals surface area contributed by atoms with E-state index in [1.165, 1.54) is 7.11 Å². The lowest BCUT2D eigenvalue weighted by Gasteiger charge is -2.13. The van der Waals surface area contributed by atoms with Crippen molar-refractivity contribution >= 4 is 29.2 Å². The standard InChI is InChI=1S/C13H16ClN3O3/c1-17-6-5-10(12(17)18)16-13(19)15-8-3-4-11(20-2)9(14)7-8/h3-4,7,10H,5-6H2,1-2H3,(H2,15,16,19)/t10-/m1/s1. The topological polar surface area (TPSA) is 70.7 Å². The number of carbonyl (C=O) groups is 2. The molecular formula is C13H16ClN3O3. The molecular weight excluding hydrogens is 282 g/mol. The lowest BCUT2D eigenvalue weighted by atomic mass is 10.2. The fourth-order valence-electron chi connectivity index (χ4n) is 2.03. The summed E-state index contributed by atoms with van der Waals surface area (Å²) in [6.45, 7) is 0.651. The number of benzene rings is 1. The van der Waals surface area contributed by atoms with Crippen LogP contribution < -0.4 is 15.4 Å². The molecule has 7 heteroatoms. The van der Waals surface area contributed by atoms with Gasteiger partial charge in [-0.2, -0.15) is 0 Å². The van der Waals surface area contributed by atoms with E-state index in [2.05, 4.69) is 10.6 Å². The Morgan fingerprint density at radius 1 is 1.50 bits per heavy atom. The quantitative estimate of drug-likeness (QED) is 0.892. The molecule has 20 heavy (non-hydrogen) atoms. The van der Waals surface area contributed by atoms with E-state index in [-0.39, 0.29) is 5.91 Å². The molecule has 1 aliphatic heterocycles. The Balaban J connectivity index is 1.95. The number of amides is 3. The number of nitrogens with zero attached hydrogens (tertiary/aromatic N) is 1. The average Bonchev–Trinajstić information content (AvgIpc) is 2.71. The first-order valence-electron chi connectivity index (χ1n) is 6.17. The molecule has 1 fully saturated rings. The van der Waals surface area contributed by atoms with Gasteiger partial charge in [0, 0.05) is 19.3 Å². The van der Waals surface area contributed by atoms with E-state index in [1.807, 2.05) is 0 Å². The molecule has 1 heterocycles. The molecule has 6 nitrogen and oxygen atoms in total. The van der Waals surface area contributed by atoms with Crippen molar-refractivity contribution < 1.29 is 14.3 Å². The van der Waals surface area contributed by atoms with Crippen LogP contribution in [-0.4, -0.2) is 43.6 Å². The number of methoxy groups -OCH3 is 1. The summed E-state index contributed by atoms with van der Waals surface area (Å²) in [6.07, 6.45) is 0.617. The lowest BCUT2D eigenvalue weighted by Crippen LogP contribution is -2.42. The third-order valence-corrected chi connectivity index (χ3v) is 3.44. The highest BCUT2D eigenvalue weighted by Gasteiger charge is 2.30. The summed E-state index contributed by atoms with van der Waals surface area (Å²) >= 11 is 5.97. The number of hydrogen-bond donors (Lipinski definition) is 2. The molecule has 0 aromatic heterocycles. The Morgan fingerprint density at radius 3 is 2.80 bits per heavy atom. The van der Waals surface area contributed by atoms with Gasteiger partial charge in [0.25, 0.3) is 0 Å². The molecule has 1 aromatic carbocycles. The Bertz CT molecular complexity index is 536. The molecule has 0 aliphatic carbocycles. The minimum absolute atomic E-state index is 0.0760. The molecule has 0 radical (unpaired) electrons. The fraction of sp³-hybridized carbons (Fsp3) is 0.385. The number of hydrogen-bond acceptors (Lipinski definition) is 3. The van der Waals surface area contributed by atoms with E-state index in [9.17, 15) is 9.59 Å². The van der Waals surface area contributed by atoms with Crippen molar-refractivity contribution in [3.05, 3.63) is 23.2 Å². The molecule has 0 bridgehead atoms. The predicted octanol–water partition coefficient (Wildman–Crippen LogP) is 1.70. The molecule has 1 saturated heterocycles. The number of anilines is 1. The van der Waals surface area contributed by atoms with E-state index in [0.717, 1.165) is 0 Å². The fourth-order valence-corrected chi connectivity index (χ4v) is 2.28. The lowest BCUT2D eigenvalue weighted by molar-refractivity contribution is -0.128. The van der Waals surface area contributed by atoms with Crippen molar-refractivity contribution in [2.45, 2.75) is 12.5 Å². The maximum absolute atomic E-state index is 11.8. The molecule has 1 aromatic rings. The normalized spacial score (nSPS) is 18.1. The molecule has 108 valence electrons. The number of nitrogens with one attached hydrogen (secondary N) is 2. The van der Waals surface area contributed by atoms with Crippen LogP contribution in [0.4, 0.5) is 10.5 Å². The van der Waals surface area contributed by atoms with Crippen LogP contribution in [0.5, 0.6) is 5.75 Å². The maximum atomic E-state index is 11.8. The zero-order valence-corrected chi connectivity index (χ0v) is 12.0. The zero-order valence-electron chi connectivity index (χ0n) is 11.3. The predicted molar refractivity (Wildman–Crippen MR) is 76.2 cm³/mol. The van der Waals surface area contributed by atoms with Crippen LogP contribution in [0.25, 0.3) is 0 Å². The Hall–Kier alpha value is -1.95. The van der Waals surface area contributed by atoms with Crippen LogP contribution in [0.3, 0.4) is 0 Å². The van der Waals surface area contributed by atoms with E-state index in [1.54, 1.807) is 30.1 Å². The summed E-state index contributed by atoms with van der Waals surface area (Å²) < 4.78 is 5.03. The van der Waals surface area contributed by atoms with Gasteiger partial charge in [-0.3, -0.25) is 4.79 Å². The average molecular weight is 298 g/mol. The second kappa shape index (κ2) is 6.00. The highest BCUT2D eigenvalue weighted by atomic mass is 35.5. The second-order valence-electron chi connectivity index (χ2n) is 4.55. The van der Waals surface area contributed by atoms with Crippen molar-refractivity contribution in [2.24, 2.45) is 0 Å². The van der Waals surface area contributed by atoms with Gasteiger partial charge in [-0.05, 0) is 24.6 Å². The Morgan fingerprint density at radius 2 is 2.25 bits per heavy atom. The molecule has 3 amide bonds. The third-order valence-electron chi connectivity index (χ3n) is 3.14. The molecule has 2 N–H and O–H groups in total. The van der Waals surface area contributed by atoms with Gasteiger partial charge in [0.2, 0.25) is 5.91 Å². The molecule has 0 spiro atoms. The number of carbonyl (C=O) groups excluding carboxylic acids is 2. The van der Waals surface area contributed by atoms with Crippen LogP contribution in [0.1, 0.15) is 6.42 Å². The van der Waals surface area contributed by atoms with Crippen LogP contribution >= 0.6 is 11.6 Å². The van der Waals surface area contributed by atoms with Gasteiger partial charge in [0.05, 0.1) is 12.1 Å². The summed E-state index contributed by atoms with van der Waals surface area (Å²) in [7, 11) is 3.23. The highest BCUT2D eigenvalue weighted by molar-refractivity contribution is 6.32. The first-order valence-corrected chi connectivity index (χ1v) is 6.55. The van der Waals surface area contributed by atoms with Crippen LogP contribution in [0.15, 0.2) is 18.2 Å². The smallest absolute Gasteiger partial charge is 0.319 e. The summed E-state index contributed by atoms with van der Waals surface area (Å²) in [4.78, 5) is 25.1.